The Morgan fingerprint density at radius 3 is 2.72 bits per heavy atom. The summed E-state index contributed by atoms with van der Waals surface area (Å²) in [4.78, 5) is 24.5. The second-order valence-corrected chi connectivity index (χ2v) is 7.72. The maximum atomic E-state index is 14.5. The number of hydrogen-bond acceptors (Lipinski definition) is 7. The molecule has 0 aliphatic rings. The third-order valence-corrected chi connectivity index (χ3v) is 4.20. The number of carbonyl (C=O) groups excluding carboxylic acids is 1. The van der Waals surface area contributed by atoms with E-state index in [0.29, 0.717) is 11.5 Å². The summed E-state index contributed by atoms with van der Waals surface area (Å²) in [5.41, 5.74) is 0.254. The zero-order chi connectivity index (χ0) is 22.7. The molecule has 0 aliphatic carbocycles. The first-order valence-electron chi connectivity index (χ1n) is 9.57. The van der Waals surface area contributed by atoms with Gasteiger partial charge in [0.2, 0.25) is 11.7 Å². The van der Waals surface area contributed by atoms with Crippen molar-refractivity contribution in [1.82, 2.24) is 34.9 Å². The van der Waals surface area contributed by atoms with Crippen molar-refractivity contribution in [3.05, 3.63) is 55.0 Å². The minimum atomic E-state index is -0.674. The minimum absolute atomic E-state index is 0.0110. The first-order valence-corrected chi connectivity index (χ1v) is 9.57. The summed E-state index contributed by atoms with van der Waals surface area (Å²) < 4.78 is 21.8. The molecule has 0 atom stereocenters. The van der Waals surface area contributed by atoms with Crippen LogP contribution in [-0.2, 0) is 5.54 Å². The van der Waals surface area contributed by atoms with Gasteiger partial charge in [-0.2, -0.15) is 15.2 Å². The van der Waals surface area contributed by atoms with Gasteiger partial charge in [-0.25, -0.2) is 19.2 Å². The van der Waals surface area contributed by atoms with Crippen LogP contribution in [0.2, 0.25) is 0 Å². The lowest BCUT2D eigenvalue weighted by molar-refractivity contribution is 0.262. The molecule has 12 heteroatoms. The van der Waals surface area contributed by atoms with Crippen LogP contribution in [-0.4, -0.2) is 41.0 Å². The molecule has 0 bridgehead atoms. The molecule has 0 radical (unpaired) electrons. The fraction of sp³-hybridized carbons (Fsp3) is 0.200. The number of rotatable bonds is 5. The molecular weight excluding hydrogens is 417 g/mol. The average Bonchev–Trinajstić information content (AvgIpc) is 3.42. The number of nitrogens with one attached hydrogen (secondary N) is 3. The number of urea groups is 1. The summed E-state index contributed by atoms with van der Waals surface area (Å²) in [7, 11) is 0. The van der Waals surface area contributed by atoms with E-state index in [-0.39, 0.29) is 28.7 Å². The van der Waals surface area contributed by atoms with Crippen molar-refractivity contribution >= 4 is 17.4 Å². The number of nitrogens with zero attached hydrogens (tertiary/aromatic N) is 6. The van der Waals surface area contributed by atoms with Gasteiger partial charge >= 0.3 is 6.03 Å². The van der Waals surface area contributed by atoms with Gasteiger partial charge in [-0.1, -0.05) is 0 Å². The number of aromatic nitrogens is 7. The topological polar surface area (TPSA) is 136 Å². The van der Waals surface area contributed by atoms with E-state index in [9.17, 15) is 9.18 Å². The van der Waals surface area contributed by atoms with Crippen molar-refractivity contribution < 1.29 is 13.9 Å². The molecule has 3 heterocycles. The second-order valence-electron chi connectivity index (χ2n) is 7.72. The highest BCUT2D eigenvalue weighted by Crippen LogP contribution is 2.25. The molecule has 3 N–H and O–H groups in total. The number of aromatic amines is 1. The number of anilines is 2. The number of carbonyl (C=O) groups is 1. The van der Waals surface area contributed by atoms with Crippen LogP contribution >= 0.6 is 0 Å². The van der Waals surface area contributed by atoms with Gasteiger partial charge < -0.3 is 15.4 Å². The van der Waals surface area contributed by atoms with Gasteiger partial charge in [0, 0.05) is 24.5 Å². The molecule has 0 aliphatic heterocycles. The molecule has 0 spiro atoms. The maximum absolute atomic E-state index is 14.5. The molecule has 3 aromatic heterocycles. The van der Waals surface area contributed by atoms with Crippen LogP contribution in [0.15, 0.2) is 49.2 Å². The van der Waals surface area contributed by atoms with Crippen LogP contribution in [0.3, 0.4) is 0 Å². The Hall–Kier alpha value is -4.35. The molecule has 11 nitrogen and oxygen atoms in total. The van der Waals surface area contributed by atoms with Crippen molar-refractivity contribution in [2.75, 3.05) is 10.6 Å². The van der Waals surface area contributed by atoms with Crippen LogP contribution in [0.5, 0.6) is 11.6 Å². The molecule has 2 amide bonds. The van der Waals surface area contributed by atoms with E-state index in [1.165, 1.54) is 36.9 Å². The highest BCUT2D eigenvalue weighted by Gasteiger charge is 2.15. The maximum Gasteiger partial charge on any atom is 0.323 e. The fourth-order valence-electron chi connectivity index (χ4n) is 2.65. The Morgan fingerprint density at radius 2 is 2.03 bits per heavy atom. The van der Waals surface area contributed by atoms with Gasteiger partial charge in [0.25, 0.3) is 0 Å². The van der Waals surface area contributed by atoms with Crippen LogP contribution in [0.25, 0.3) is 11.6 Å². The largest absolute Gasteiger partial charge is 0.439 e. The number of benzene rings is 1. The molecule has 32 heavy (non-hydrogen) atoms. The van der Waals surface area contributed by atoms with E-state index in [2.05, 4.69) is 40.9 Å². The van der Waals surface area contributed by atoms with Crippen LogP contribution in [0.1, 0.15) is 20.8 Å². The normalized spacial score (nSPS) is 11.2. The van der Waals surface area contributed by atoms with Crippen LogP contribution in [0.4, 0.5) is 20.6 Å². The Balaban J connectivity index is 1.41. The fourth-order valence-corrected chi connectivity index (χ4v) is 2.65. The summed E-state index contributed by atoms with van der Waals surface area (Å²) in [6.07, 6.45) is 6.03. The molecule has 0 fully saturated rings. The zero-order valence-corrected chi connectivity index (χ0v) is 17.5. The van der Waals surface area contributed by atoms with Crippen molar-refractivity contribution in [3.8, 4) is 23.3 Å². The summed E-state index contributed by atoms with van der Waals surface area (Å²) in [5, 5.41) is 15.7. The lowest BCUT2D eigenvalue weighted by atomic mass is 10.1. The van der Waals surface area contributed by atoms with Gasteiger partial charge in [-0.15, -0.1) is 0 Å². The highest BCUT2D eigenvalue weighted by molar-refractivity contribution is 5.99. The third kappa shape index (κ3) is 4.86. The first kappa shape index (κ1) is 20.9. The lowest BCUT2D eigenvalue weighted by Gasteiger charge is -2.18. The zero-order valence-electron chi connectivity index (χ0n) is 17.5. The number of H-pyrrole nitrogens is 1. The molecule has 4 aromatic rings. The molecule has 0 saturated carbocycles. The molecule has 4 rings (SSSR count). The number of ether oxygens (including phenoxy) is 1. The SMILES string of the molecule is CC(C)(C)n1cc(NC(=O)Nc2ccc(Oc3ccnc(-c4ncn[nH]4)n3)cc2F)cn1. The molecule has 0 unspecified atom stereocenters. The van der Waals surface area contributed by atoms with E-state index in [0.717, 1.165) is 6.07 Å². The molecule has 0 saturated heterocycles. The van der Waals surface area contributed by atoms with E-state index in [4.69, 9.17) is 4.74 Å². The van der Waals surface area contributed by atoms with E-state index in [1.54, 1.807) is 10.9 Å². The summed E-state index contributed by atoms with van der Waals surface area (Å²) in [6, 6.07) is 4.96. The Labute approximate surface area is 182 Å². The number of halogens is 1. The first-order chi connectivity index (χ1) is 15.3. The van der Waals surface area contributed by atoms with Crippen molar-refractivity contribution in [2.45, 2.75) is 26.3 Å². The Bertz CT molecular complexity index is 1230. The van der Waals surface area contributed by atoms with Gasteiger partial charge in [-0.3, -0.25) is 9.78 Å². The van der Waals surface area contributed by atoms with Crippen molar-refractivity contribution in [3.63, 3.8) is 0 Å². The predicted octanol–water partition coefficient (Wildman–Crippen LogP) is 3.79. The van der Waals surface area contributed by atoms with Crippen LogP contribution in [0, 0.1) is 5.82 Å². The highest BCUT2D eigenvalue weighted by atomic mass is 19.1. The van der Waals surface area contributed by atoms with Gasteiger partial charge in [-0.05, 0) is 32.9 Å². The average molecular weight is 437 g/mol. The Kier molecular flexibility index (Phi) is 5.50. The van der Waals surface area contributed by atoms with Gasteiger partial charge in [0.15, 0.2) is 5.82 Å². The quantitative estimate of drug-likeness (QED) is 0.432. The minimum Gasteiger partial charge on any atom is -0.439 e. The van der Waals surface area contributed by atoms with E-state index < -0.39 is 11.8 Å². The Morgan fingerprint density at radius 1 is 1.19 bits per heavy atom. The molecular formula is C20H20FN9O2. The van der Waals surface area contributed by atoms with Gasteiger partial charge in [0.05, 0.1) is 23.1 Å². The van der Waals surface area contributed by atoms with Gasteiger partial charge in [0.1, 0.15) is 17.9 Å². The number of hydrogen-bond donors (Lipinski definition) is 3. The lowest BCUT2D eigenvalue weighted by Crippen LogP contribution is -2.22. The molecule has 164 valence electrons. The van der Waals surface area contributed by atoms with Crippen LogP contribution < -0.4 is 15.4 Å². The second kappa shape index (κ2) is 8.41. The molecule has 1 aromatic carbocycles. The third-order valence-electron chi connectivity index (χ3n) is 4.20. The summed E-state index contributed by atoms with van der Waals surface area (Å²) in [6.45, 7) is 5.96. The van der Waals surface area contributed by atoms with Crippen molar-refractivity contribution in [2.24, 2.45) is 0 Å². The summed E-state index contributed by atoms with van der Waals surface area (Å²) in [5.74, 6) is 0.375. The smallest absolute Gasteiger partial charge is 0.323 e. The number of amides is 2. The monoisotopic (exact) mass is 437 g/mol. The van der Waals surface area contributed by atoms with E-state index in [1.807, 2.05) is 20.8 Å². The van der Waals surface area contributed by atoms with E-state index >= 15 is 0 Å². The summed E-state index contributed by atoms with van der Waals surface area (Å²) >= 11 is 0. The predicted molar refractivity (Wildman–Crippen MR) is 114 cm³/mol. The van der Waals surface area contributed by atoms with Crippen molar-refractivity contribution in [1.29, 1.82) is 0 Å². The standard InChI is InChI=1S/C20H20FN9O2/c1-20(2,3)30-10-12(9-25-30)26-19(31)27-15-5-4-13(8-14(15)21)32-16-6-7-22-17(28-16)18-23-11-24-29-18/h4-11H,1-3H3,(H,23,24,29)(H2,26,27,31).